The molecule has 0 saturated carbocycles. The molecule has 25 heavy (non-hydrogen) atoms. The summed E-state index contributed by atoms with van der Waals surface area (Å²) < 4.78 is 27.3. The molecule has 0 spiro atoms. The molecule has 0 aliphatic heterocycles. The summed E-state index contributed by atoms with van der Waals surface area (Å²) in [5.74, 6) is -0.226. The molecule has 0 heterocycles. The molecular weight excluding hydrogens is 336 g/mol. The zero-order chi connectivity index (χ0) is 18.6. The van der Waals surface area contributed by atoms with E-state index in [9.17, 15) is 13.2 Å². The van der Waals surface area contributed by atoms with Crippen molar-refractivity contribution in [2.24, 2.45) is 0 Å². The Labute approximate surface area is 149 Å². The van der Waals surface area contributed by atoms with Gasteiger partial charge >= 0.3 is 0 Å². The first-order valence-electron chi connectivity index (χ1n) is 8.13. The van der Waals surface area contributed by atoms with Crippen molar-refractivity contribution in [3.05, 3.63) is 58.7 Å². The van der Waals surface area contributed by atoms with Gasteiger partial charge in [-0.25, -0.2) is 13.1 Å². The van der Waals surface area contributed by atoms with Crippen LogP contribution in [0.1, 0.15) is 28.7 Å². The number of aryl methyl sites for hydroxylation is 4. The Morgan fingerprint density at radius 2 is 1.56 bits per heavy atom. The zero-order valence-corrected chi connectivity index (χ0v) is 15.8. The highest BCUT2D eigenvalue weighted by Gasteiger charge is 2.17. The van der Waals surface area contributed by atoms with Crippen LogP contribution in [0, 0.1) is 27.7 Å². The lowest BCUT2D eigenvalue weighted by molar-refractivity contribution is -0.116. The summed E-state index contributed by atoms with van der Waals surface area (Å²) in [5, 5.41) is 2.81. The molecule has 0 aliphatic carbocycles. The Morgan fingerprint density at radius 3 is 2.24 bits per heavy atom. The quantitative estimate of drug-likeness (QED) is 0.830. The van der Waals surface area contributed by atoms with Crippen LogP contribution in [0.3, 0.4) is 0 Å². The molecular formula is C19H24N2O3S. The maximum atomic E-state index is 12.4. The Kier molecular flexibility index (Phi) is 5.98. The lowest BCUT2D eigenvalue weighted by Crippen LogP contribution is -2.28. The first kappa shape index (κ1) is 19.1. The second kappa shape index (κ2) is 7.80. The number of hydrogen-bond donors (Lipinski definition) is 2. The van der Waals surface area contributed by atoms with Gasteiger partial charge < -0.3 is 5.32 Å². The number of benzene rings is 2. The molecule has 0 aromatic heterocycles. The van der Waals surface area contributed by atoms with Gasteiger partial charge in [0, 0.05) is 18.7 Å². The Morgan fingerprint density at radius 1 is 0.920 bits per heavy atom. The van der Waals surface area contributed by atoms with Gasteiger partial charge in [0.05, 0.1) is 4.90 Å². The van der Waals surface area contributed by atoms with Gasteiger partial charge in [0.2, 0.25) is 15.9 Å². The maximum absolute atomic E-state index is 12.4. The Balaban J connectivity index is 1.95. The number of carbonyl (C=O) groups is 1. The summed E-state index contributed by atoms with van der Waals surface area (Å²) in [6, 6.07) is 11.0. The summed E-state index contributed by atoms with van der Waals surface area (Å²) >= 11 is 0. The highest BCUT2D eigenvalue weighted by Crippen LogP contribution is 2.17. The fourth-order valence-electron chi connectivity index (χ4n) is 2.54. The third-order valence-electron chi connectivity index (χ3n) is 3.93. The van der Waals surface area contributed by atoms with E-state index in [2.05, 4.69) is 10.0 Å². The van der Waals surface area contributed by atoms with Crippen LogP contribution in [0.5, 0.6) is 0 Å². The summed E-state index contributed by atoms with van der Waals surface area (Å²) in [5.41, 5.74) is 4.39. The monoisotopic (exact) mass is 360 g/mol. The van der Waals surface area contributed by atoms with Crippen LogP contribution in [0.4, 0.5) is 5.69 Å². The second-order valence-electron chi connectivity index (χ2n) is 6.28. The van der Waals surface area contributed by atoms with E-state index < -0.39 is 10.0 Å². The van der Waals surface area contributed by atoms with Crippen molar-refractivity contribution in [3.8, 4) is 0 Å². The Hall–Kier alpha value is -2.18. The minimum Gasteiger partial charge on any atom is -0.326 e. The van der Waals surface area contributed by atoms with Crippen LogP contribution in [-0.2, 0) is 14.8 Å². The largest absolute Gasteiger partial charge is 0.326 e. The number of hydrogen-bond acceptors (Lipinski definition) is 3. The standard InChI is InChI=1S/C19H24N2O3S/c1-13-6-8-17(16(4)11-13)21-19(22)9-10-20-25(23,24)18-12-14(2)5-7-15(18)3/h5-8,11-12,20H,9-10H2,1-4H3,(H,21,22). The van der Waals surface area contributed by atoms with Crippen LogP contribution in [0.25, 0.3) is 0 Å². The summed E-state index contributed by atoms with van der Waals surface area (Å²) in [7, 11) is -3.63. The third kappa shape index (κ3) is 5.14. The lowest BCUT2D eigenvalue weighted by Gasteiger charge is -2.11. The van der Waals surface area contributed by atoms with Crippen molar-refractivity contribution < 1.29 is 13.2 Å². The van der Waals surface area contributed by atoms with Crippen LogP contribution in [-0.4, -0.2) is 20.9 Å². The molecule has 0 bridgehead atoms. The van der Waals surface area contributed by atoms with Gasteiger partial charge in [0.1, 0.15) is 0 Å². The number of sulfonamides is 1. The summed E-state index contributed by atoms with van der Waals surface area (Å²) in [4.78, 5) is 12.3. The molecule has 0 unspecified atom stereocenters. The highest BCUT2D eigenvalue weighted by molar-refractivity contribution is 7.89. The topological polar surface area (TPSA) is 75.3 Å². The van der Waals surface area contributed by atoms with E-state index >= 15 is 0 Å². The van der Waals surface area contributed by atoms with Gasteiger partial charge in [-0.3, -0.25) is 4.79 Å². The van der Waals surface area contributed by atoms with Gasteiger partial charge in [-0.05, 0) is 56.5 Å². The van der Waals surface area contributed by atoms with E-state index in [0.29, 0.717) is 5.56 Å². The van der Waals surface area contributed by atoms with Gasteiger partial charge in [0.15, 0.2) is 0 Å². The number of nitrogens with one attached hydrogen (secondary N) is 2. The fourth-order valence-corrected chi connectivity index (χ4v) is 3.90. The fraction of sp³-hybridized carbons (Fsp3) is 0.316. The van der Waals surface area contributed by atoms with Crippen molar-refractivity contribution in [3.63, 3.8) is 0 Å². The smallest absolute Gasteiger partial charge is 0.240 e. The van der Waals surface area contributed by atoms with E-state index in [4.69, 9.17) is 0 Å². The van der Waals surface area contributed by atoms with Gasteiger partial charge in [-0.2, -0.15) is 0 Å². The van der Waals surface area contributed by atoms with Crippen LogP contribution in [0.15, 0.2) is 41.3 Å². The molecule has 2 rings (SSSR count). The van der Waals surface area contributed by atoms with Gasteiger partial charge in [0.25, 0.3) is 0 Å². The van der Waals surface area contributed by atoms with Crippen LogP contribution < -0.4 is 10.0 Å². The van der Waals surface area contributed by atoms with Crippen LogP contribution >= 0.6 is 0 Å². The Bertz CT molecular complexity index is 890. The highest BCUT2D eigenvalue weighted by atomic mass is 32.2. The van der Waals surface area contributed by atoms with E-state index in [-0.39, 0.29) is 23.8 Å². The molecule has 2 aromatic carbocycles. The average molecular weight is 360 g/mol. The lowest BCUT2D eigenvalue weighted by atomic mass is 10.1. The first-order valence-corrected chi connectivity index (χ1v) is 9.61. The van der Waals surface area contributed by atoms with Crippen molar-refractivity contribution in [1.29, 1.82) is 0 Å². The molecule has 2 aromatic rings. The normalized spacial score (nSPS) is 11.4. The van der Waals surface area contributed by atoms with E-state index in [1.807, 2.05) is 45.0 Å². The van der Waals surface area contributed by atoms with E-state index in [0.717, 1.165) is 22.4 Å². The van der Waals surface area contributed by atoms with E-state index in [1.54, 1.807) is 19.1 Å². The predicted molar refractivity (Wildman–Crippen MR) is 100 cm³/mol. The van der Waals surface area contributed by atoms with Gasteiger partial charge in [-0.1, -0.05) is 29.8 Å². The molecule has 0 aliphatic rings. The van der Waals surface area contributed by atoms with E-state index in [1.165, 1.54) is 0 Å². The molecule has 0 radical (unpaired) electrons. The number of rotatable bonds is 6. The third-order valence-corrected chi connectivity index (χ3v) is 5.54. The zero-order valence-electron chi connectivity index (χ0n) is 15.0. The molecule has 6 heteroatoms. The predicted octanol–water partition coefficient (Wildman–Crippen LogP) is 3.23. The summed E-state index contributed by atoms with van der Waals surface area (Å²) in [6.45, 7) is 7.55. The molecule has 0 saturated heterocycles. The van der Waals surface area contributed by atoms with Crippen molar-refractivity contribution >= 4 is 21.6 Å². The molecule has 0 atom stereocenters. The minimum atomic E-state index is -3.63. The van der Waals surface area contributed by atoms with Crippen LogP contribution in [0.2, 0.25) is 0 Å². The number of amides is 1. The average Bonchev–Trinajstić information content (AvgIpc) is 2.52. The molecule has 2 N–H and O–H groups in total. The second-order valence-corrected chi connectivity index (χ2v) is 8.02. The minimum absolute atomic E-state index is 0.0481. The number of carbonyl (C=O) groups excluding carboxylic acids is 1. The maximum Gasteiger partial charge on any atom is 0.240 e. The number of anilines is 1. The first-order chi connectivity index (χ1) is 11.7. The summed E-state index contributed by atoms with van der Waals surface area (Å²) in [6.07, 6.45) is 0.0669. The van der Waals surface area contributed by atoms with Gasteiger partial charge in [-0.15, -0.1) is 0 Å². The van der Waals surface area contributed by atoms with Crippen molar-refractivity contribution in [2.45, 2.75) is 39.0 Å². The SMILES string of the molecule is Cc1ccc(NC(=O)CCNS(=O)(=O)c2cc(C)ccc2C)c(C)c1. The molecule has 1 amide bonds. The van der Waals surface area contributed by atoms with Crippen molar-refractivity contribution in [2.75, 3.05) is 11.9 Å². The molecule has 134 valence electrons. The molecule has 0 fully saturated rings. The molecule has 5 nitrogen and oxygen atoms in total. The van der Waals surface area contributed by atoms with Crippen molar-refractivity contribution in [1.82, 2.24) is 4.72 Å².